The fourth-order valence-corrected chi connectivity index (χ4v) is 7.64. The van der Waals surface area contributed by atoms with Crippen molar-refractivity contribution in [3.8, 4) is 67.5 Å². The molecule has 11 aromatic rings. The van der Waals surface area contributed by atoms with Crippen molar-refractivity contribution in [3.05, 3.63) is 188 Å². The number of furan rings is 1. The van der Waals surface area contributed by atoms with E-state index in [1.165, 1.54) is 0 Å². The Morgan fingerprint density at radius 1 is 0.393 bits per heavy atom. The van der Waals surface area contributed by atoms with Crippen molar-refractivity contribution >= 4 is 53.4 Å². The number of rotatable bonds is 6. The number of hydrogen-bond acceptors (Lipinski definition) is 5. The fourth-order valence-electron chi connectivity index (χ4n) is 6.67. The van der Waals surface area contributed by atoms with Crippen molar-refractivity contribution in [3.63, 3.8) is 0 Å². The van der Waals surface area contributed by atoms with E-state index in [0.29, 0.717) is 22.3 Å². The van der Waals surface area contributed by atoms with Crippen molar-refractivity contribution in [1.82, 2.24) is 15.0 Å². The Hall–Kier alpha value is -7.21. The third kappa shape index (κ3) is 5.65. The lowest BCUT2D eigenvalue weighted by molar-refractivity contribution is 0.669. The van der Waals surface area contributed by atoms with Gasteiger partial charge in [-0.2, -0.15) is 0 Å². The Morgan fingerprint density at radius 3 is 1.84 bits per heavy atom. The third-order valence-electron chi connectivity index (χ3n) is 9.39. The normalized spacial score (nSPS) is 15.3. The summed E-state index contributed by atoms with van der Waals surface area (Å²) < 4.78 is 140. The van der Waals surface area contributed by atoms with Crippen LogP contribution in [0.3, 0.4) is 0 Å². The van der Waals surface area contributed by atoms with E-state index in [0.717, 1.165) is 33.2 Å². The average molecular weight is 749 g/mol. The molecule has 4 nitrogen and oxygen atoms in total. The Kier molecular flexibility index (Phi) is 4.85. The first kappa shape index (κ1) is 20.5. The third-order valence-corrected chi connectivity index (χ3v) is 10.4. The molecular weight excluding hydrogens is 703 g/mol. The number of aromatic nitrogens is 3. The summed E-state index contributed by atoms with van der Waals surface area (Å²) in [5.41, 5.74) is 1.78. The number of thiophene rings is 1. The summed E-state index contributed by atoms with van der Waals surface area (Å²) in [4.78, 5) is 14.6. The van der Waals surface area contributed by atoms with Gasteiger partial charge in [0.1, 0.15) is 11.2 Å². The first-order valence-corrected chi connectivity index (χ1v) is 18.3. The Labute approximate surface area is 348 Å². The maximum absolute atomic E-state index is 9.69. The average Bonchev–Trinajstić information content (AvgIpc) is 3.98. The zero-order valence-corrected chi connectivity index (χ0v) is 29.7. The number of para-hydroxylation sites is 2. The minimum Gasteiger partial charge on any atom is -0.455 e. The second-order valence-electron chi connectivity index (χ2n) is 12.8. The largest absolute Gasteiger partial charge is 0.455 e. The van der Waals surface area contributed by atoms with Crippen molar-refractivity contribution in [2.75, 3.05) is 0 Å². The smallest absolute Gasteiger partial charge is 0.167 e. The number of fused-ring (bicyclic) bond motifs is 6. The molecule has 56 heavy (non-hydrogen) atoms. The van der Waals surface area contributed by atoms with Crippen LogP contribution in [0.2, 0.25) is 0 Å². The first-order chi connectivity index (χ1) is 34.0. The lowest BCUT2D eigenvalue weighted by Gasteiger charge is -2.10. The van der Waals surface area contributed by atoms with Crippen molar-refractivity contribution in [2.24, 2.45) is 0 Å². The highest BCUT2D eigenvalue weighted by molar-refractivity contribution is 7.25. The van der Waals surface area contributed by atoms with E-state index in [9.17, 15) is 6.85 Å². The maximum atomic E-state index is 9.69. The van der Waals surface area contributed by atoms with Gasteiger partial charge in [0.15, 0.2) is 17.5 Å². The highest BCUT2D eigenvalue weighted by Gasteiger charge is 2.18. The minimum atomic E-state index is -0.812. The molecule has 5 heteroatoms. The summed E-state index contributed by atoms with van der Waals surface area (Å²) in [6.07, 6.45) is 0. The van der Waals surface area contributed by atoms with E-state index in [-0.39, 0.29) is 49.3 Å². The fraction of sp³-hybridized carbons (Fsp3) is 0. The summed E-state index contributed by atoms with van der Waals surface area (Å²) in [7, 11) is 0. The van der Waals surface area contributed by atoms with E-state index in [4.69, 9.17) is 33.1 Å². The van der Waals surface area contributed by atoms with E-state index in [1.807, 2.05) is 91.0 Å². The van der Waals surface area contributed by atoms with E-state index in [2.05, 4.69) is 0 Å². The quantitative estimate of drug-likeness (QED) is 0.170. The first-order valence-electron chi connectivity index (χ1n) is 25.0. The van der Waals surface area contributed by atoms with Crippen LogP contribution >= 0.6 is 11.3 Å². The summed E-state index contributed by atoms with van der Waals surface area (Å²) in [6, 6.07) is 20.5. The van der Waals surface area contributed by atoms with Gasteiger partial charge in [-0.25, -0.2) is 15.0 Å². The molecule has 3 heterocycles. The summed E-state index contributed by atoms with van der Waals surface area (Å²) in [6.45, 7) is 0. The lowest BCUT2D eigenvalue weighted by atomic mass is 9.99. The molecule has 0 aliphatic carbocycles. The predicted molar refractivity (Wildman–Crippen MR) is 233 cm³/mol. The van der Waals surface area contributed by atoms with Gasteiger partial charge in [0, 0.05) is 42.1 Å². The van der Waals surface area contributed by atoms with Gasteiger partial charge in [-0.3, -0.25) is 0 Å². The Morgan fingerprint density at radius 2 is 1.02 bits per heavy atom. The van der Waals surface area contributed by atoms with Crippen LogP contribution in [0.25, 0.3) is 110 Å². The molecule has 0 fully saturated rings. The van der Waals surface area contributed by atoms with Crippen LogP contribution in [0, 0.1) is 0 Å². The van der Waals surface area contributed by atoms with Crippen molar-refractivity contribution < 1.29 is 25.0 Å². The second kappa shape index (κ2) is 13.3. The van der Waals surface area contributed by atoms with E-state index < -0.39 is 107 Å². The number of nitrogens with zero attached hydrogens (tertiary/aromatic N) is 3. The highest BCUT2D eigenvalue weighted by Crippen LogP contribution is 2.40. The van der Waals surface area contributed by atoms with Gasteiger partial charge in [-0.15, -0.1) is 11.3 Å². The Balaban J connectivity index is 1.13. The predicted octanol–water partition coefficient (Wildman–Crippen LogP) is 14.1. The molecule has 0 bridgehead atoms. The molecule has 0 unspecified atom stereocenters. The topological polar surface area (TPSA) is 51.8 Å². The second-order valence-corrected chi connectivity index (χ2v) is 13.8. The van der Waals surface area contributed by atoms with E-state index in [1.54, 1.807) is 6.07 Å². The van der Waals surface area contributed by atoms with Crippen LogP contribution in [0.1, 0.15) is 20.6 Å². The van der Waals surface area contributed by atoms with E-state index >= 15 is 0 Å². The molecule has 0 saturated heterocycles. The van der Waals surface area contributed by atoms with Gasteiger partial charge in [0.2, 0.25) is 0 Å². The van der Waals surface area contributed by atoms with Crippen molar-refractivity contribution in [1.29, 1.82) is 0 Å². The molecule has 0 aliphatic rings. The molecule has 8 aromatic carbocycles. The minimum absolute atomic E-state index is 0.00426. The summed E-state index contributed by atoms with van der Waals surface area (Å²) in [5, 5.41) is 1.46. The van der Waals surface area contributed by atoms with Gasteiger partial charge in [-0.05, 0) is 63.6 Å². The molecule has 0 spiro atoms. The molecule has 0 saturated carbocycles. The van der Waals surface area contributed by atoms with Crippen LogP contribution in [0.15, 0.2) is 192 Å². The van der Waals surface area contributed by atoms with Gasteiger partial charge in [0.05, 0.1) is 26.1 Å². The highest BCUT2D eigenvalue weighted by atomic mass is 32.1. The molecule has 0 atom stereocenters. The van der Waals surface area contributed by atoms with Crippen LogP contribution in [0.5, 0.6) is 0 Å². The molecule has 262 valence electrons. The van der Waals surface area contributed by atoms with Gasteiger partial charge >= 0.3 is 0 Å². The lowest BCUT2D eigenvalue weighted by Crippen LogP contribution is -2.00. The zero-order valence-electron chi connectivity index (χ0n) is 43.9. The van der Waals surface area contributed by atoms with Crippen LogP contribution in [0.4, 0.5) is 0 Å². The summed E-state index contributed by atoms with van der Waals surface area (Å²) >= 11 is 0.840. The molecule has 0 amide bonds. The molecule has 0 radical (unpaired) electrons. The number of hydrogen-bond donors (Lipinski definition) is 0. The molecule has 0 N–H and O–H groups in total. The van der Waals surface area contributed by atoms with Crippen LogP contribution in [-0.4, -0.2) is 15.0 Å². The number of benzene rings is 8. The van der Waals surface area contributed by atoms with Gasteiger partial charge < -0.3 is 4.42 Å². The van der Waals surface area contributed by atoms with Gasteiger partial charge in [-0.1, -0.05) is 157 Å². The maximum Gasteiger partial charge on any atom is 0.167 e. The van der Waals surface area contributed by atoms with Crippen molar-refractivity contribution in [2.45, 2.75) is 0 Å². The molecule has 0 aliphatic heterocycles. The molecule has 3 aromatic heterocycles. The molecule has 11 rings (SSSR count). The zero-order chi connectivity index (χ0) is 50.1. The van der Waals surface area contributed by atoms with Gasteiger partial charge in [0.25, 0.3) is 0 Å². The standard InChI is InChI=1S/C51H31N3OS/c1-3-10-32(11-4-1)34-18-20-36(21-19-34)38-27-29-46-44(30-38)41-28-26-39(31-47(41)56-46)50-52-49(37-24-22-35(23-25-37)33-12-5-2-6-13-33)53-51(54-50)43-16-9-15-42-40-14-7-8-17-45(40)55-48(42)43/h1-31H/i1D,3D,4D,10D,11D,18D,19D,20D,21D,26D,27D,28D,29D,30D,31D. The molecular formula is C51H31N3OS. The summed E-state index contributed by atoms with van der Waals surface area (Å²) in [5.74, 6) is 0.240. The van der Waals surface area contributed by atoms with Crippen LogP contribution in [-0.2, 0) is 0 Å². The monoisotopic (exact) mass is 748 g/mol. The SMILES string of the molecule is [2H]c1c([2H])c([2H])c(-c2c([2H])c([2H])c(-c3c([2H])c([2H])c4sc5c([2H])c(-c6nc(-c7ccc(-c8ccccc8)cc7)nc(-c7cccc8c7oc7ccccc78)n6)c([2H])c([2H])c5c4c3[2H])c([2H])c2[2H])c([2H])c1[2H]. The Bertz CT molecular complexity index is 4060. The van der Waals surface area contributed by atoms with Crippen LogP contribution < -0.4 is 0 Å².